The van der Waals surface area contributed by atoms with Crippen LogP contribution in [0, 0.1) is 5.92 Å². The van der Waals surface area contributed by atoms with Crippen LogP contribution in [0.15, 0.2) is 30.6 Å². The van der Waals surface area contributed by atoms with E-state index in [0.717, 1.165) is 42.9 Å². The number of hydrogen-bond acceptors (Lipinski definition) is 2. The predicted molar refractivity (Wildman–Crippen MR) is 121 cm³/mol. The first kappa shape index (κ1) is 19.1. The molecule has 1 fully saturated rings. The van der Waals surface area contributed by atoms with Gasteiger partial charge in [0.05, 0.1) is 16.2 Å². The van der Waals surface area contributed by atoms with Crippen molar-refractivity contribution in [1.29, 1.82) is 0 Å². The first-order valence-electron chi connectivity index (χ1n) is 11.2. The Morgan fingerprint density at radius 1 is 1.17 bits per heavy atom. The summed E-state index contributed by atoms with van der Waals surface area (Å²) < 4.78 is 0. The van der Waals surface area contributed by atoms with E-state index in [0.29, 0.717) is 11.8 Å². The minimum atomic E-state index is 0.363. The molecule has 0 amide bonds. The normalized spacial score (nSPS) is 19.7. The molecule has 2 N–H and O–H groups in total. The lowest BCUT2D eigenvalue weighted by Gasteiger charge is -2.32. The monoisotopic (exact) mass is 407 g/mol. The molecular formula is C25H30ClN3. The number of nitrogens with one attached hydrogen (secondary N) is 2. The molecule has 4 heteroatoms. The van der Waals surface area contributed by atoms with Gasteiger partial charge in [0.25, 0.3) is 0 Å². The minimum Gasteiger partial charge on any atom is -0.360 e. The van der Waals surface area contributed by atoms with Gasteiger partial charge >= 0.3 is 0 Å². The third-order valence-electron chi connectivity index (χ3n) is 6.97. The van der Waals surface area contributed by atoms with Crippen LogP contribution >= 0.6 is 11.6 Å². The molecule has 152 valence electrons. The van der Waals surface area contributed by atoms with E-state index >= 15 is 0 Å². The van der Waals surface area contributed by atoms with Crippen LogP contribution in [0.1, 0.15) is 66.5 Å². The number of hydrogen-bond donors (Lipinski definition) is 2. The number of aromatic nitrogens is 2. The molecule has 3 heterocycles. The summed E-state index contributed by atoms with van der Waals surface area (Å²) in [4.78, 5) is 8.50. The summed E-state index contributed by atoms with van der Waals surface area (Å²) in [5, 5.41) is 5.81. The maximum absolute atomic E-state index is 6.78. The zero-order valence-corrected chi connectivity index (χ0v) is 18.0. The van der Waals surface area contributed by atoms with Crippen molar-refractivity contribution in [3.05, 3.63) is 63.6 Å². The first-order valence-corrected chi connectivity index (χ1v) is 11.6. The maximum Gasteiger partial charge on any atom is 0.0650 e. The van der Waals surface area contributed by atoms with Gasteiger partial charge in [0.2, 0.25) is 0 Å². The van der Waals surface area contributed by atoms with Gasteiger partial charge in [0.15, 0.2) is 0 Å². The molecule has 0 bridgehead atoms. The van der Waals surface area contributed by atoms with Crippen LogP contribution in [0.3, 0.4) is 0 Å². The van der Waals surface area contributed by atoms with Crippen LogP contribution in [0.4, 0.5) is 0 Å². The molecule has 0 saturated carbocycles. The number of nitrogens with zero attached hydrogens (tertiary/aromatic N) is 1. The van der Waals surface area contributed by atoms with E-state index in [1.165, 1.54) is 59.0 Å². The van der Waals surface area contributed by atoms with Crippen LogP contribution in [-0.4, -0.2) is 23.1 Å². The molecule has 1 aliphatic heterocycles. The summed E-state index contributed by atoms with van der Waals surface area (Å²) >= 11 is 6.78. The summed E-state index contributed by atoms with van der Waals surface area (Å²) in [6.07, 6.45) is 12.2. The lowest BCUT2D eigenvalue weighted by atomic mass is 9.75. The third-order valence-corrected chi connectivity index (χ3v) is 7.27. The second-order valence-electron chi connectivity index (χ2n) is 8.71. The quantitative estimate of drug-likeness (QED) is 0.574. The largest absolute Gasteiger partial charge is 0.360 e. The van der Waals surface area contributed by atoms with Crippen molar-refractivity contribution in [2.45, 2.75) is 57.8 Å². The minimum absolute atomic E-state index is 0.363. The van der Waals surface area contributed by atoms with Crippen LogP contribution in [-0.2, 0) is 19.3 Å². The molecule has 0 radical (unpaired) electrons. The fourth-order valence-corrected chi connectivity index (χ4v) is 5.82. The van der Waals surface area contributed by atoms with Gasteiger partial charge in [0, 0.05) is 23.7 Å². The number of rotatable bonds is 4. The molecule has 1 aliphatic carbocycles. The number of pyridine rings is 1. The van der Waals surface area contributed by atoms with Gasteiger partial charge in [-0.05, 0) is 91.9 Å². The molecule has 5 rings (SSSR count). The van der Waals surface area contributed by atoms with Crippen molar-refractivity contribution < 1.29 is 0 Å². The van der Waals surface area contributed by atoms with Crippen LogP contribution in [0.25, 0.3) is 10.9 Å². The van der Waals surface area contributed by atoms with Crippen molar-refractivity contribution in [3.8, 4) is 0 Å². The van der Waals surface area contributed by atoms with Crippen molar-refractivity contribution in [2.75, 3.05) is 13.1 Å². The van der Waals surface area contributed by atoms with Crippen molar-refractivity contribution in [3.63, 3.8) is 0 Å². The topological polar surface area (TPSA) is 40.7 Å². The van der Waals surface area contributed by atoms with Gasteiger partial charge < -0.3 is 10.3 Å². The van der Waals surface area contributed by atoms with E-state index < -0.39 is 0 Å². The molecule has 3 aromatic rings. The lowest BCUT2D eigenvalue weighted by Crippen LogP contribution is -2.32. The van der Waals surface area contributed by atoms with E-state index in [2.05, 4.69) is 41.6 Å². The van der Waals surface area contributed by atoms with Gasteiger partial charge in [-0.2, -0.15) is 0 Å². The number of halogens is 1. The van der Waals surface area contributed by atoms with Gasteiger partial charge in [-0.15, -0.1) is 0 Å². The maximum atomic E-state index is 6.78. The molecule has 2 aliphatic rings. The smallest absolute Gasteiger partial charge is 0.0650 e. The molecule has 0 unspecified atom stereocenters. The Balaban J connectivity index is 1.77. The Kier molecular flexibility index (Phi) is 5.36. The number of piperidine rings is 1. The van der Waals surface area contributed by atoms with Gasteiger partial charge in [0.1, 0.15) is 0 Å². The Hall–Kier alpha value is -1.84. The van der Waals surface area contributed by atoms with Crippen molar-refractivity contribution in [2.24, 2.45) is 5.92 Å². The van der Waals surface area contributed by atoms with Crippen LogP contribution in [0.5, 0.6) is 0 Å². The second kappa shape index (κ2) is 8.12. The Morgan fingerprint density at radius 3 is 2.83 bits per heavy atom. The van der Waals surface area contributed by atoms with Crippen LogP contribution in [0.2, 0.25) is 5.02 Å². The highest BCUT2D eigenvalue weighted by Gasteiger charge is 2.35. The van der Waals surface area contributed by atoms with Crippen molar-refractivity contribution >= 4 is 22.5 Å². The van der Waals surface area contributed by atoms with Gasteiger partial charge in [-0.25, -0.2) is 0 Å². The highest BCUT2D eigenvalue weighted by atomic mass is 35.5. The average molecular weight is 408 g/mol. The van der Waals surface area contributed by atoms with E-state index in [9.17, 15) is 0 Å². The molecule has 3 nitrogen and oxygen atoms in total. The molecule has 0 spiro atoms. The molecule has 1 atom stereocenters. The summed E-state index contributed by atoms with van der Waals surface area (Å²) in [5.41, 5.74) is 8.22. The number of benzene rings is 1. The van der Waals surface area contributed by atoms with Gasteiger partial charge in [-0.1, -0.05) is 31.0 Å². The van der Waals surface area contributed by atoms with Gasteiger partial charge in [-0.3, -0.25) is 4.98 Å². The molecule has 1 aromatic carbocycles. The summed E-state index contributed by atoms with van der Waals surface area (Å²) in [6, 6.07) is 6.62. The number of H-pyrrole nitrogens is 1. The Morgan fingerprint density at radius 2 is 2.00 bits per heavy atom. The third kappa shape index (κ3) is 3.39. The molecule has 1 saturated heterocycles. The summed E-state index contributed by atoms with van der Waals surface area (Å²) in [5.74, 6) is 0.988. The first-order chi connectivity index (χ1) is 14.3. The predicted octanol–water partition coefficient (Wildman–Crippen LogP) is 5.79. The number of aromatic amines is 1. The SMILES string of the molecule is CCCCc1c[nH]c2c(Cl)cc3c(c12)[C@@H](C1CCNCC1)c1ncccc1CC3. The van der Waals surface area contributed by atoms with E-state index in [1.54, 1.807) is 0 Å². The second-order valence-corrected chi connectivity index (χ2v) is 9.12. The lowest BCUT2D eigenvalue weighted by molar-refractivity contribution is 0.339. The summed E-state index contributed by atoms with van der Waals surface area (Å²) in [6.45, 7) is 4.47. The number of fused-ring (bicyclic) bond motifs is 4. The fourth-order valence-electron chi connectivity index (χ4n) is 5.53. The van der Waals surface area contributed by atoms with Crippen molar-refractivity contribution in [1.82, 2.24) is 15.3 Å². The Bertz CT molecular complexity index is 1020. The zero-order chi connectivity index (χ0) is 19.8. The summed E-state index contributed by atoms with van der Waals surface area (Å²) in [7, 11) is 0. The van der Waals surface area contributed by atoms with Crippen LogP contribution < -0.4 is 5.32 Å². The Labute approximate surface area is 178 Å². The highest BCUT2D eigenvalue weighted by molar-refractivity contribution is 6.35. The van der Waals surface area contributed by atoms with E-state index in [4.69, 9.17) is 16.6 Å². The van der Waals surface area contributed by atoms with E-state index in [1.807, 2.05) is 6.20 Å². The number of unbranched alkanes of at least 4 members (excludes halogenated alkanes) is 1. The molecular weight excluding hydrogens is 378 g/mol. The average Bonchev–Trinajstić information content (AvgIpc) is 3.11. The zero-order valence-electron chi connectivity index (χ0n) is 17.2. The highest BCUT2D eigenvalue weighted by Crippen LogP contribution is 2.46. The molecule has 29 heavy (non-hydrogen) atoms. The fraction of sp³-hybridized carbons (Fsp3) is 0.480. The standard InChI is InChI=1S/C25H30ClN3/c1-2-3-5-19-15-29-25-20(26)14-18-8-7-17-6-4-11-28-24(17)22(21(18)23(19)25)16-9-12-27-13-10-16/h4,6,11,14-16,22,27,29H,2-3,5,7-10,12-13H2,1H3/t22-/m1/s1. The molecule has 2 aromatic heterocycles. The van der Waals surface area contributed by atoms with E-state index in [-0.39, 0.29) is 0 Å². The number of aryl methyl sites for hydroxylation is 3.